The summed E-state index contributed by atoms with van der Waals surface area (Å²) in [7, 11) is 0. The van der Waals surface area contributed by atoms with Gasteiger partial charge < -0.3 is 4.90 Å². The maximum atomic E-state index is 4.68. The van der Waals surface area contributed by atoms with Crippen LogP contribution in [-0.4, -0.2) is 22.7 Å². The highest BCUT2D eigenvalue weighted by molar-refractivity contribution is 5.61. The van der Waals surface area contributed by atoms with E-state index in [0.717, 1.165) is 43.0 Å². The molecular formula is C18H22N4. The van der Waals surface area contributed by atoms with Crippen molar-refractivity contribution in [2.75, 3.05) is 11.4 Å². The lowest BCUT2D eigenvalue weighted by Crippen LogP contribution is -2.31. The third-order valence-corrected chi connectivity index (χ3v) is 4.17. The van der Waals surface area contributed by atoms with Gasteiger partial charge in [-0.2, -0.15) is 4.98 Å². The zero-order valence-corrected chi connectivity index (χ0v) is 13.5. The number of anilines is 1. The number of benzene rings is 1. The van der Waals surface area contributed by atoms with Crippen LogP contribution >= 0.6 is 0 Å². The van der Waals surface area contributed by atoms with E-state index in [1.165, 1.54) is 11.1 Å². The van der Waals surface area contributed by atoms with E-state index in [0.29, 0.717) is 5.95 Å². The Labute approximate surface area is 131 Å². The minimum absolute atomic E-state index is 0.568. The van der Waals surface area contributed by atoms with Crippen LogP contribution in [0.1, 0.15) is 35.7 Å². The fourth-order valence-electron chi connectivity index (χ4n) is 2.81. The first-order chi connectivity index (χ1) is 10.7. The zero-order valence-electron chi connectivity index (χ0n) is 13.5. The van der Waals surface area contributed by atoms with Gasteiger partial charge in [0.25, 0.3) is 5.95 Å². The molecule has 114 valence electrons. The standard InChI is InChI=1S/C18H22N4/c1-4-10-19-18-20-14(3)13(2)17(21-18)22-11-9-15-7-5-6-8-16(15)12-22/h5-8,10H,4,9,11-12H2,1-3H3. The van der Waals surface area contributed by atoms with E-state index in [-0.39, 0.29) is 0 Å². The smallest absolute Gasteiger partial charge is 0.251 e. The molecule has 0 amide bonds. The molecule has 1 aliphatic heterocycles. The molecule has 4 heteroatoms. The second-order valence-electron chi connectivity index (χ2n) is 5.72. The topological polar surface area (TPSA) is 41.4 Å². The summed E-state index contributed by atoms with van der Waals surface area (Å²) in [6, 6.07) is 8.66. The van der Waals surface area contributed by atoms with Crippen LogP contribution in [0.25, 0.3) is 0 Å². The summed E-state index contributed by atoms with van der Waals surface area (Å²) in [6.07, 6.45) is 3.81. The number of hydrogen-bond acceptors (Lipinski definition) is 4. The third-order valence-electron chi connectivity index (χ3n) is 4.17. The van der Waals surface area contributed by atoms with Crippen LogP contribution in [0.3, 0.4) is 0 Å². The van der Waals surface area contributed by atoms with Gasteiger partial charge in [-0.25, -0.2) is 9.98 Å². The molecule has 1 aromatic heterocycles. The van der Waals surface area contributed by atoms with E-state index >= 15 is 0 Å². The van der Waals surface area contributed by atoms with E-state index < -0.39 is 0 Å². The number of aliphatic imine (C=N–C) groups is 1. The van der Waals surface area contributed by atoms with Crippen molar-refractivity contribution in [2.24, 2.45) is 4.99 Å². The van der Waals surface area contributed by atoms with Gasteiger partial charge in [0, 0.05) is 30.6 Å². The first-order valence-corrected chi connectivity index (χ1v) is 7.88. The molecule has 22 heavy (non-hydrogen) atoms. The predicted octanol–water partition coefficient (Wildman–Crippen LogP) is 3.77. The van der Waals surface area contributed by atoms with Crippen LogP contribution in [0.4, 0.5) is 11.8 Å². The Morgan fingerprint density at radius 3 is 2.73 bits per heavy atom. The lowest BCUT2D eigenvalue weighted by Gasteiger charge is -2.31. The molecule has 0 aliphatic carbocycles. The number of fused-ring (bicyclic) bond motifs is 1. The van der Waals surface area contributed by atoms with Crippen molar-refractivity contribution < 1.29 is 0 Å². The minimum Gasteiger partial charge on any atom is -0.352 e. The zero-order chi connectivity index (χ0) is 15.5. The molecule has 0 radical (unpaired) electrons. The second kappa shape index (κ2) is 6.26. The first-order valence-electron chi connectivity index (χ1n) is 7.88. The van der Waals surface area contributed by atoms with Crippen LogP contribution < -0.4 is 4.90 Å². The Bertz CT molecular complexity index is 706. The summed E-state index contributed by atoms with van der Waals surface area (Å²) < 4.78 is 0. The monoisotopic (exact) mass is 294 g/mol. The number of aryl methyl sites for hydroxylation is 1. The van der Waals surface area contributed by atoms with Crippen molar-refractivity contribution in [3.63, 3.8) is 0 Å². The molecule has 0 N–H and O–H groups in total. The van der Waals surface area contributed by atoms with Gasteiger partial charge in [-0.1, -0.05) is 31.2 Å². The van der Waals surface area contributed by atoms with E-state index in [4.69, 9.17) is 0 Å². The normalized spacial score (nSPS) is 14.4. The summed E-state index contributed by atoms with van der Waals surface area (Å²) in [5, 5.41) is 0. The van der Waals surface area contributed by atoms with Crippen LogP contribution in [0.5, 0.6) is 0 Å². The molecule has 2 heterocycles. The highest BCUT2D eigenvalue weighted by Gasteiger charge is 2.20. The van der Waals surface area contributed by atoms with Gasteiger partial charge >= 0.3 is 0 Å². The second-order valence-corrected chi connectivity index (χ2v) is 5.72. The Kier molecular flexibility index (Phi) is 4.18. The fraction of sp³-hybridized carbons (Fsp3) is 0.389. The van der Waals surface area contributed by atoms with Crippen LogP contribution in [0, 0.1) is 13.8 Å². The van der Waals surface area contributed by atoms with Crippen molar-refractivity contribution in [3.8, 4) is 0 Å². The first kappa shape index (κ1) is 14.7. The molecule has 0 atom stereocenters. The van der Waals surface area contributed by atoms with Crippen LogP contribution in [-0.2, 0) is 13.0 Å². The van der Waals surface area contributed by atoms with E-state index in [2.05, 4.69) is 58.0 Å². The summed E-state index contributed by atoms with van der Waals surface area (Å²) in [6.45, 7) is 8.09. The van der Waals surface area contributed by atoms with Crippen molar-refractivity contribution >= 4 is 18.0 Å². The molecule has 3 rings (SSSR count). The average Bonchev–Trinajstić information content (AvgIpc) is 2.55. The van der Waals surface area contributed by atoms with Crippen LogP contribution in [0.2, 0.25) is 0 Å². The number of aromatic nitrogens is 2. The summed E-state index contributed by atoms with van der Waals surface area (Å²) in [5.41, 5.74) is 5.00. The molecule has 4 nitrogen and oxygen atoms in total. The van der Waals surface area contributed by atoms with Crippen molar-refractivity contribution in [1.29, 1.82) is 0 Å². The van der Waals surface area contributed by atoms with Gasteiger partial charge in [-0.15, -0.1) is 0 Å². The van der Waals surface area contributed by atoms with E-state index in [1.54, 1.807) is 0 Å². The quantitative estimate of drug-likeness (QED) is 0.809. The number of hydrogen-bond donors (Lipinski definition) is 0. The Balaban J connectivity index is 1.95. The molecule has 1 aliphatic rings. The molecule has 0 fully saturated rings. The van der Waals surface area contributed by atoms with Gasteiger partial charge in [0.2, 0.25) is 0 Å². The van der Waals surface area contributed by atoms with Gasteiger partial charge in [-0.3, -0.25) is 0 Å². The molecule has 2 aromatic rings. The molecule has 0 saturated carbocycles. The Hall–Kier alpha value is -2.23. The number of rotatable bonds is 3. The molecule has 0 saturated heterocycles. The molecular weight excluding hydrogens is 272 g/mol. The van der Waals surface area contributed by atoms with Crippen molar-refractivity contribution in [1.82, 2.24) is 9.97 Å². The fourth-order valence-corrected chi connectivity index (χ4v) is 2.81. The van der Waals surface area contributed by atoms with Crippen molar-refractivity contribution in [3.05, 3.63) is 46.6 Å². The SMILES string of the molecule is CCC=Nc1nc(C)c(C)c(N2CCc3ccccc3C2)n1. The number of nitrogens with zero attached hydrogens (tertiary/aromatic N) is 4. The summed E-state index contributed by atoms with van der Waals surface area (Å²) in [4.78, 5) is 15.9. The lowest BCUT2D eigenvalue weighted by atomic mass is 9.99. The highest BCUT2D eigenvalue weighted by atomic mass is 15.2. The lowest BCUT2D eigenvalue weighted by molar-refractivity contribution is 0.715. The van der Waals surface area contributed by atoms with Gasteiger partial charge in [0.1, 0.15) is 5.82 Å². The van der Waals surface area contributed by atoms with Gasteiger partial charge in [0.15, 0.2) is 0 Å². The highest BCUT2D eigenvalue weighted by Crippen LogP contribution is 2.27. The van der Waals surface area contributed by atoms with Crippen molar-refractivity contribution in [2.45, 2.75) is 40.2 Å². The molecule has 0 unspecified atom stereocenters. The van der Waals surface area contributed by atoms with E-state index in [9.17, 15) is 0 Å². The maximum Gasteiger partial charge on any atom is 0.251 e. The summed E-state index contributed by atoms with van der Waals surface area (Å²) >= 11 is 0. The summed E-state index contributed by atoms with van der Waals surface area (Å²) in [5.74, 6) is 1.59. The predicted molar refractivity (Wildman–Crippen MR) is 91.1 cm³/mol. The van der Waals surface area contributed by atoms with Gasteiger partial charge in [-0.05, 0) is 37.8 Å². The Morgan fingerprint density at radius 2 is 1.95 bits per heavy atom. The van der Waals surface area contributed by atoms with Gasteiger partial charge in [0.05, 0.1) is 0 Å². The van der Waals surface area contributed by atoms with E-state index in [1.807, 2.05) is 13.1 Å². The molecule has 0 spiro atoms. The largest absolute Gasteiger partial charge is 0.352 e. The maximum absolute atomic E-state index is 4.68. The third kappa shape index (κ3) is 2.86. The minimum atomic E-state index is 0.568. The molecule has 1 aromatic carbocycles. The average molecular weight is 294 g/mol. The van der Waals surface area contributed by atoms with Crippen LogP contribution in [0.15, 0.2) is 29.3 Å². The Morgan fingerprint density at radius 1 is 1.18 bits per heavy atom. The molecule has 0 bridgehead atoms.